The Bertz CT molecular complexity index is 562. The van der Waals surface area contributed by atoms with Crippen LogP contribution in [-0.4, -0.2) is 15.7 Å². The quantitative estimate of drug-likeness (QED) is 0.853. The van der Waals surface area contributed by atoms with Crippen molar-refractivity contribution in [1.29, 1.82) is 0 Å². The van der Waals surface area contributed by atoms with Crippen molar-refractivity contribution in [3.05, 3.63) is 47.4 Å². The van der Waals surface area contributed by atoms with Gasteiger partial charge in [-0.2, -0.15) is 5.10 Å². The molecular formula is C12H13FN4O. The Morgan fingerprint density at radius 2 is 2.11 bits per heavy atom. The van der Waals surface area contributed by atoms with E-state index < -0.39 is 0 Å². The molecule has 0 unspecified atom stereocenters. The summed E-state index contributed by atoms with van der Waals surface area (Å²) >= 11 is 0. The normalized spacial score (nSPS) is 10.3. The third-order valence-electron chi connectivity index (χ3n) is 2.60. The average Bonchev–Trinajstić information content (AvgIpc) is 2.69. The van der Waals surface area contributed by atoms with E-state index in [1.54, 1.807) is 19.2 Å². The summed E-state index contributed by atoms with van der Waals surface area (Å²) in [4.78, 5) is 11.8. The fourth-order valence-electron chi connectivity index (χ4n) is 1.50. The Hall–Kier alpha value is -2.37. The fraction of sp³-hybridized carbons (Fsp3) is 0.167. The molecule has 0 aliphatic heterocycles. The van der Waals surface area contributed by atoms with Crippen LogP contribution < -0.4 is 11.1 Å². The highest BCUT2D eigenvalue weighted by molar-refractivity contribution is 5.98. The Morgan fingerprint density at radius 1 is 1.44 bits per heavy atom. The summed E-state index contributed by atoms with van der Waals surface area (Å²) in [7, 11) is 1.66. The molecule has 94 valence electrons. The largest absolute Gasteiger partial charge is 0.383 e. The summed E-state index contributed by atoms with van der Waals surface area (Å²) in [6.07, 6.45) is 1.41. The van der Waals surface area contributed by atoms with Gasteiger partial charge in [-0.3, -0.25) is 9.48 Å². The maximum Gasteiger partial charge on any atom is 0.256 e. The number of amides is 1. The Kier molecular flexibility index (Phi) is 3.27. The SMILES string of the molecule is Cn1ncc(C(=O)NCc2ccc(F)cc2)c1N. The van der Waals surface area contributed by atoms with E-state index in [0.717, 1.165) is 5.56 Å². The first kappa shape index (κ1) is 12.1. The van der Waals surface area contributed by atoms with Crippen molar-refractivity contribution in [2.45, 2.75) is 6.54 Å². The van der Waals surface area contributed by atoms with Gasteiger partial charge in [0.1, 0.15) is 17.2 Å². The van der Waals surface area contributed by atoms with Gasteiger partial charge in [0, 0.05) is 13.6 Å². The molecule has 18 heavy (non-hydrogen) atoms. The maximum atomic E-state index is 12.7. The monoisotopic (exact) mass is 248 g/mol. The minimum Gasteiger partial charge on any atom is -0.383 e. The minimum atomic E-state index is -0.304. The number of benzene rings is 1. The summed E-state index contributed by atoms with van der Waals surface area (Å²) in [5.41, 5.74) is 6.83. The van der Waals surface area contributed by atoms with E-state index in [0.29, 0.717) is 17.9 Å². The number of hydrogen-bond donors (Lipinski definition) is 2. The molecule has 0 aliphatic rings. The van der Waals surface area contributed by atoms with Crippen molar-refractivity contribution >= 4 is 11.7 Å². The summed E-state index contributed by atoms with van der Waals surface area (Å²) < 4.78 is 14.1. The highest BCUT2D eigenvalue weighted by Crippen LogP contribution is 2.09. The molecule has 3 N–H and O–H groups in total. The van der Waals surface area contributed by atoms with Crippen LogP contribution in [0.5, 0.6) is 0 Å². The lowest BCUT2D eigenvalue weighted by molar-refractivity contribution is 0.0952. The van der Waals surface area contributed by atoms with Crippen LogP contribution in [0.4, 0.5) is 10.2 Å². The molecular weight excluding hydrogens is 235 g/mol. The van der Waals surface area contributed by atoms with Gasteiger partial charge in [0.05, 0.1) is 6.20 Å². The minimum absolute atomic E-state index is 0.301. The third-order valence-corrected chi connectivity index (χ3v) is 2.60. The molecule has 0 saturated heterocycles. The van der Waals surface area contributed by atoms with E-state index in [1.165, 1.54) is 23.0 Å². The molecule has 1 heterocycles. The molecule has 6 heteroatoms. The van der Waals surface area contributed by atoms with Crippen molar-refractivity contribution in [2.75, 3.05) is 5.73 Å². The van der Waals surface area contributed by atoms with Crippen LogP contribution in [0.15, 0.2) is 30.5 Å². The zero-order chi connectivity index (χ0) is 13.1. The number of nitrogens with one attached hydrogen (secondary N) is 1. The molecule has 0 aliphatic carbocycles. The lowest BCUT2D eigenvalue weighted by atomic mass is 10.2. The number of halogens is 1. The van der Waals surface area contributed by atoms with Gasteiger partial charge in [-0.1, -0.05) is 12.1 Å². The lowest BCUT2D eigenvalue weighted by Crippen LogP contribution is -2.23. The smallest absolute Gasteiger partial charge is 0.256 e. The summed E-state index contributed by atoms with van der Waals surface area (Å²) in [5.74, 6) is -0.293. The molecule has 1 aromatic carbocycles. The Morgan fingerprint density at radius 3 is 2.67 bits per heavy atom. The first-order chi connectivity index (χ1) is 8.58. The molecule has 0 radical (unpaired) electrons. The fourth-order valence-corrected chi connectivity index (χ4v) is 1.50. The van der Waals surface area contributed by atoms with Gasteiger partial charge in [-0.15, -0.1) is 0 Å². The second-order valence-corrected chi connectivity index (χ2v) is 3.88. The van der Waals surface area contributed by atoms with Gasteiger partial charge in [-0.05, 0) is 17.7 Å². The van der Waals surface area contributed by atoms with Gasteiger partial charge in [0.15, 0.2) is 0 Å². The van der Waals surface area contributed by atoms with Crippen molar-refractivity contribution in [2.24, 2.45) is 7.05 Å². The van der Waals surface area contributed by atoms with Crippen molar-refractivity contribution in [3.63, 3.8) is 0 Å². The zero-order valence-electron chi connectivity index (χ0n) is 9.85. The van der Waals surface area contributed by atoms with Gasteiger partial charge in [-0.25, -0.2) is 4.39 Å². The molecule has 0 atom stereocenters. The number of carbonyl (C=O) groups excluding carboxylic acids is 1. The second kappa shape index (κ2) is 4.87. The standard InChI is InChI=1S/C12H13FN4O/c1-17-11(14)10(7-16-17)12(18)15-6-8-2-4-9(13)5-3-8/h2-5,7H,6,14H2,1H3,(H,15,18). The summed E-state index contributed by atoms with van der Waals surface area (Å²) in [6.45, 7) is 0.313. The van der Waals surface area contributed by atoms with Gasteiger partial charge < -0.3 is 11.1 Å². The number of anilines is 1. The average molecular weight is 248 g/mol. The maximum absolute atomic E-state index is 12.7. The van der Waals surface area contributed by atoms with Crippen molar-refractivity contribution in [1.82, 2.24) is 15.1 Å². The molecule has 0 spiro atoms. The third kappa shape index (κ3) is 2.48. The van der Waals surface area contributed by atoms with E-state index >= 15 is 0 Å². The predicted molar refractivity (Wildman–Crippen MR) is 65.2 cm³/mol. The Balaban J connectivity index is 2.00. The van der Waals surface area contributed by atoms with Crippen LogP contribution in [0, 0.1) is 5.82 Å². The number of hydrogen-bond acceptors (Lipinski definition) is 3. The molecule has 0 bridgehead atoms. The number of rotatable bonds is 3. The summed E-state index contributed by atoms with van der Waals surface area (Å²) in [6, 6.07) is 5.92. The van der Waals surface area contributed by atoms with Crippen LogP contribution >= 0.6 is 0 Å². The van der Waals surface area contributed by atoms with Gasteiger partial charge in [0.2, 0.25) is 0 Å². The Labute approximate surface area is 103 Å². The number of aromatic nitrogens is 2. The van der Waals surface area contributed by atoms with Gasteiger partial charge in [0.25, 0.3) is 5.91 Å². The molecule has 5 nitrogen and oxygen atoms in total. The molecule has 0 saturated carbocycles. The van der Waals surface area contributed by atoms with Crippen LogP contribution in [0.2, 0.25) is 0 Å². The van der Waals surface area contributed by atoms with E-state index in [1.807, 2.05) is 0 Å². The number of nitrogen functional groups attached to an aromatic ring is 1. The summed E-state index contributed by atoms with van der Waals surface area (Å²) in [5, 5.41) is 6.58. The van der Waals surface area contributed by atoms with Crippen LogP contribution in [0.1, 0.15) is 15.9 Å². The first-order valence-electron chi connectivity index (χ1n) is 5.38. The lowest BCUT2D eigenvalue weighted by Gasteiger charge is -2.04. The molecule has 0 fully saturated rings. The van der Waals surface area contributed by atoms with E-state index in [2.05, 4.69) is 10.4 Å². The highest BCUT2D eigenvalue weighted by Gasteiger charge is 2.12. The molecule has 2 rings (SSSR count). The number of carbonyl (C=O) groups is 1. The topological polar surface area (TPSA) is 72.9 Å². The number of aryl methyl sites for hydroxylation is 1. The van der Waals surface area contributed by atoms with Crippen LogP contribution in [0.25, 0.3) is 0 Å². The second-order valence-electron chi connectivity index (χ2n) is 3.88. The molecule has 2 aromatic rings. The highest BCUT2D eigenvalue weighted by atomic mass is 19.1. The number of nitrogens with zero attached hydrogens (tertiary/aromatic N) is 2. The van der Waals surface area contributed by atoms with Gasteiger partial charge >= 0.3 is 0 Å². The molecule has 1 amide bonds. The van der Waals surface area contributed by atoms with Crippen molar-refractivity contribution < 1.29 is 9.18 Å². The zero-order valence-corrected chi connectivity index (χ0v) is 9.85. The van der Waals surface area contributed by atoms with E-state index in [4.69, 9.17) is 5.73 Å². The van der Waals surface area contributed by atoms with E-state index in [-0.39, 0.29) is 11.7 Å². The van der Waals surface area contributed by atoms with E-state index in [9.17, 15) is 9.18 Å². The molecule has 1 aromatic heterocycles. The number of nitrogens with two attached hydrogens (primary N) is 1. The van der Waals surface area contributed by atoms with Crippen molar-refractivity contribution in [3.8, 4) is 0 Å². The first-order valence-corrected chi connectivity index (χ1v) is 5.38. The predicted octanol–water partition coefficient (Wildman–Crippen LogP) is 1.07. The van der Waals surface area contributed by atoms with Crippen LogP contribution in [-0.2, 0) is 13.6 Å². The van der Waals surface area contributed by atoms with Crippen LogP contribution in [0.3, 0.4) is 0 Å².